The maximum absolute atomic E-state index is 14.0. The predicted molar refractivity (Wildman–Crippen MR) is 113 cm³/mol. The molecule has 182 valence electrons. The van der Waals surface area contributed by atoms with Gasteiger partial charge in [0.05, 0.1) is 0 Å². The first-order valence-electron chi connectivity index (χ1n) is 9.90. The molecule has 3 aromatic heterocycles. The molecule has 0 spiro atoms. The average molecular weight is 493 g/mol. The van der Waals surface area contributed by atoms with E-state index < -0.39 is 35.3 Å². The van der Waals surface area contributed by atoms with Crippen molar-refractivity contribution in [3.63, 3.8) is 0 Å². The van der Waals surface area contributed by atoms with Crippen LogP contribution in [0.1, 0.15) is 32.4 Å². The van der Waals surface area contributed by atoms with E-state index in [4.69, 9.17) is 0 Å². The van der Waals surface area contributed by atoms with Crippen molar-refractivity contribution in [1.82, 2.24) is 24.4 Å². The van der Waals surface area contributed by atoms with E-state index in [9.17, 15) is 31.5 Å². The molecule has 0 aliphatic heterocycles. The second kappa shape index (κ2) is 8.45. The molecule has 3 heterocycles. The number of halogens is 5. The van der Waals surface area contributed by atoms with E-state index in [0.717, 1.165) is 6.07 Å². The first-order chi connectivity index (χ1) is 16.3. The van der Waals surface area contributed by atoms with Crippen molar-refractivity contribution in [3.8, 4) is 0 Å². The van der Waals surface area contributed by atoms with Crippen molar-refractivity contribution >= 4 is 28.8 Å². The number of benzene rings is 1. The molecule has 2 N–H and O–H groups in total. The van der Waals surface area contributed by atoms with Crippen molar-refractivity contribution in [2.45, 2.75) is 19.0 Å². The number of nitrogens with zero attached hydrogens (tertiary/aromatic N) is 5. The third-order valence-electron chi connectivity index (χ3n) is 4.79. The van der Waals surface area contributed by atoms with Gasteiger partial charge in [-0.3, -0.25) is 14.3 Å². The van der Waals surface area contributed by atoms with E-state index in [1.54, 1.807) is 19.3 Å². The Bertz CT molecular complexity index is 1440. The molecule has 0 aliphatic carbocycles. The minimum Gasteiger partial charge on any atom is -0.321 e. The minimum absolute atomic E-state index is 0.111. The van der Waals surface area contributed by atoms with Gasteiger partial charge in [-0.1, -0.05) is 6.07 Å². The molecule has 14 heteroatoms. The topological polar surface area (TPSA) is 106 Å². The second-order valence-electron chi connectivity index (χ2n) is 7.52. The number of hydrogen-bond donors (Lipinski definition) is 2. The lowest BCUT2D eigenvalue weighted by molar-refractivity contribution is -0.291. The first kappa shape index (κ1) is 23.8. The van der Waals surface area contributed by atoms with Gasteiger partial charge < -0.3 is 10.6 Å². The Kier molecular flexibility index (Phi) is 5.74. The van der Waals surface area contributed by atoms with Gasteiger partial charge in [0.15, 0.2) is 17.0 Å². The summed E-state index contributed by atoms with van der Waals surface area (Å²) in [6.45, 7) is 1.24. The summed E-state index contributed by atoms with van der Waals surface area (Å²) in [5, 5.41) is 12.7. The fourth-order valence-electron chi connectivity index (χ4n) is 3.18. The molecule has 4 aromatic rings. The lowest BCUT2D eigenvalue weighted by Gasteiger charge is -2.20. The zero-order valence-corrected chi connectivity index (χ0v) is 18.1. The molecule has 0 bridgehead atoms. The summed E-state index contributed by atoms with van der Waals surface area (Å²) in [6, 6.07) is 9.04. The summed E-state index contributed by atoms with van der Waals surface area (Å²) in [6.07, 6.45) is -4.28. The number of amides is 2. The molecule has 0 saturated carbocycles. The fraction of sp³-hybridized carbons (Fsp3) is 0.190. The maximum atomic E-state index is 14.0. The van der Waals surface area contributed by atoms with Crippen LogP contribution in [0, 0.1) is 6.92 Å². The average Bonchev–Trinajstić information content (AvgIpc) is 3.39. The Morgan fingerprint density at radius 1 is 0.886 bits per heavy atom. The van der Waals surface area contributed by atoms with Gasteiger partial charge in [0.2, 0.25) is 0 Å². The van der Waals surface area contributed by atoms with Crippen molar-refractivity contribution < 1.29 is 31.5 Å². The van der Waals surface area contributed by atoms with Gasteiger partial charge in [-0.15, -0.1) is 0 Å². The summed E-state index contributed by atoms with van der Waals surface area (Å²) in [5.74, 6) is -6.60. The van der Waals surface area contributed by atoms with Gasteiger partial charge in [-0.05, 0) is 37.3 Å². The van der Waals surface area contributed by atoms with Crippen LogP contribution in [0.5, 0.6) is 0 Å². The van der Waals surface area contributed by atoms with Gasteiger partial charge in [0, 0.05) is 36.4 Å². The Balaban J connectivity index is 1.58. The van der Waals surface area contributed by atoms with Gasteiger partial charge in [0.25, 0.3) is 11.8 Å². The molecule has 0 unspecified atom stereocenters. The van der Waals surface area contributed by atoms with Crippen LogP contribution in [-0.4, -0.2) is 42.4 Å². The van der Waals surface area contributed by atoms with Gasteiger partial charge in [0.1, 0.15) is 5.69 Å². The SMILES string of the molecule is Cc1cc(C(F)(F)C(F)(F)F)n2nc(C(=O)Nc3cccc(NC(=O)c4ccn(C)n4)c3)cc2n1. The van der Waals surface area contributed by atoms with Crippen LogP contribution in [0.15, 0.2) is 48.7 Å². The van der Waals surface area contributed by atoms with Crippen molar-refractivity contribution in [1.29, 1.82) is 0 Å². The maximum Gasteiger partial charge on any atom is 0.459 e. The summed E-state index contributed by atoms with van der Waals surface area (Å²) in [7, 11) is 1.65. The number of carbonyl (C=O) groups is 2. The molecular formula is C21H16F5N7O2. The standard InChI is InChI=1S/C21H16F5N7O2/c1-11-8-16(20(22,23)21(24,25)26)33-17(27-11)10-15(31-33)19(35)29-13-5-3-4-12(9-13)28-18(34)14-6-7-32(2)30-14/h3-10H,1-2H3,(H,28,34)(H,29,35). The Hall–Kier alpha value is -4.36. The molecule has 0 radical (unpaired) electrons. The highest BCUT2D eigenvalue weighted by molar-refractivity contribution is 6.05. The number of anilines is 2. The molecule has 4 rings (SSSR count). The second-order valence-corrected chi connectivity index (χ2v) is 7.52. The van der Waals surface area contributed by atoms with E-state index in [1.807, 2.05) is 0 Å². The van der Waals surface area contributed by atoms with Crippen molar-refractivity contribution in [2.24, 2.45) is 7.05 Å². The smallest absolute Gasteiger partial charge is 0.321 e. The molecule has 0 fully saturated rings. The fourth-order valence-corrected chi connectivity index (χ4v) is 3.18. The van der Waals surface area contributed by atoms with E-state index >= 15 is 0 Å². The third-order valence-corrected chi connectivity index (χ3v) is 4.79. The van der Waals surface area contributed by atoms with Gasteiger partial charge >= 0.3 is 12.1 Å². The Morgan fingerprint density at radius 2 is 1.51 bits per heavy atom. The summed E-state index contributed by atoms with van der Waals surface area (Å²) >= 11 is 0. The number of nitrogens with one attached hydrogen (secondary N) is 2. The van der Waals surface area contributed by atoms with Gasteiger partial charge in [-0.2, -0.15) is 32.1 Å². The summed E-state index contributed by atoms with van der Waals surface area (Å²) in [5.41, 5.74) is -1.68. The number of fused-ring (bicyclic) bond motifs is 1. The van der Waals surface area contributed by atoms with Crippen LogP contribution >= 0.6 is 0 Å². The normalized spacial score (nSPS) is 12.1. The molecule has 0 saturated heterocycles. The monoisotopic (exact) mass is 493 g/mol. The zero-order chi connectivity index (χ0) is 25.5. The molecular weight excluding hydrogens is 477 g/mol. The summed E-state index contributed by atoms with van der Waals surface area (Å²) in [4.78, 5) is 28.8. The number of aryl methyl sites for hydroxylation is 2. The minimum atomic E-state index is -5.87. The van der Waals surface area contributed by atoms with Crippen LogP contribution in [0.4, 0.5) is 33.3 Å². The molecule has 0 atom stereocenters. The number of hydrogen-bond acceptors (Lipinski definition) is 5. The number of alkyl halides is 5. The molecule has 35 heavy (non-hydrogen) atoms. The number of aromatic nitrogens is 5. The quantitative estimate of drug-likeness (QED) is 0.410. The highest BCUT2D eigenvalue weighted by Crippen LogP contribution is 2.43. The number of rotatable bonds is 5. The van der Waals surface area contributed by atoms with Crippen molar-refractivity contribution in [2.75, 3.05) is 10.6 Å². The zero-order valence-electron chi connectivity index (χ0n) is 18.1. The number of carbonyl (C=O) groups excluding carboxylic acids is 2. The lowest BCUT2D eigenvalue weighted by atomic mass is 10.2. The van der Waals surface area contributed by atoms with E-state index in [1.165, 1.54) is 35.9 Å². The first-order valence-corrected chi connectivity index (χ1v) is 9.90. The highest BCUT2D eigenvalue weighted by atomic mass is 19.4. The van der Waals surface area contributed by atoms with Crippen LogP contribution in [0.3, 0.4) is 0 Å². The largest absolute Gasteiger partial charge is 0.459 e. The van der Waals surface area contributed by atoms with E-state index in [0.29, 0.717) is 16.3 Å². The van der Waals surface area contributed by atoms with E-state index in [-0.39, 0.29) is 22.7 Å². The summed E-state index contributed by atoms with van der Waals surface area (Å²) < 4.78 is 68.7. The lowest BCUT2D eigenvalue weighted by Crippen LogP contribution is -2.36. The third kappa shape index (κ3) is 4.67. The van der Waals surface area contributed by atoms with Crippen molar-refractivity contribution in [3.05, 3.63) is 71.4 Å². The predicted octanol–water partition coefficient (Wildman–Crippen LogP) is 3.93. The molecule has 9 nitrogen and oxygen atoms in total. The van der Waals surface area contributed by atoms with Crippen LogP contribution < -0.4 is 10.6 Å². The molecule has 0 aliphatic rings. The van der Waals surface area contributed by atoms with Crippen LogP contribution in [0.2, 0.25) is 0 Å². The van der Waals surface area contributed by atoms with Crippen LogP contribution in [0.25, 0.3) is 5.65 Å². The van der Waals surface area contributed by atoms with Gasteiger partial charge in [-0.25, -0.2) is 9.50 Å². The van der Waals surface area contributed by atoms with Crippen LogP contribution in [-0.2, 0) is 13.0 Å². The Labute approximate surface area is 193 Å². The highest BCUT2D eigenvalue weighted by Gasteiger charge is 2.60. The molecule has 1 aromatic carbocycles. The molecule has 2 amide bonds. The Morgan fingerprint density at radius 3 is 2.09 bits per heavy atom. The van der Waals surface area contributed by atoms with E-state index in [2.05, 4.69) is 25.8 Å².